The summed E-state index contributed by atoms with van der Waals surface area (Å²) < 4.78 is 1.96. The van der Waals surface area contributed by atoms with Crippen LogP contribution in [0.1, 0.15) is 34.8 Å². The van der Waals surface area contributed by atoms with Crippen molar-refractivity contribution in [2.24, 2.45) is 0 Å². The Bertz CT molecular complexity index is 1130. The average molecular weight is 488 g/mol. The number of rotatable bonds is 7. The Kier molecular flexibility index (Phi) is 7.36. The quantitative estimate of drug-likeness (QED) is 0.509. The number of likely N-dealkylation sites (N-methyl/N-ethyl adjacent to an activating group) is 1. The Labute approximate surface area is 203 Å². The minimum Gasteiger partial charge on any atom is -0.342 e. The Balaban J connectivity index is 1.42. The molecule has 0 saturated carbocycles. The molecule has 0 N–H and O–H groups in total. The second kappa shape index (κ2) is 10.2. The zero-order chi connectivity index (χ0) is 23.5. The minimum absolute atomic E-state index is 0.0587. The Hall–Kier alpha value is -2.42. The molecular weight excluding hydrogens is 458 g/mol. The monoisotopic (exact) mass is 487 g/mol. The molecule has 0 radical (unpaired) electrons. The lowest BCUT2D eigenvalue weighted by atomic mass is 10.2. The normalized spacial score (nSPS) is 14.7. The molecule has 1 fully saturated rings. The number of amides is 2. The number of hydrogen-bond acceptors (Lipinski definition) is 5. The fourth-order valence-electron chi connectivity index (χ4n) is 4.22. The van der Waals surface area contributed by atoms with Crippen LogP contribution in [0, 0.1) is 6.92 Å². The van der Waals surface area contributed by atoms with Gasteiger partial charge in [0.05, 0.1) is 23.7 Å². The van der Waals surface area contributed by atoms with E-state index in [0.29, 0.717) is 44.3 Å². The molecule has 0 unspecified atom stereocenters. The molecule has 2 amide bonds. The molecule has 4 rings (SSSR count). The summed E-state index contributed by atoms with van der Waals surface area (Å²) in [5.74, 6) is 0.216. The molecule has 3 aromatic rings. The van der Waals surface area contributed by atoms with Crippen molar-refractivity contribution in [1.82, 2.24) is 24.5 Å². The maximum absolute atomic E-state index is 13.2. The molecule has 0 spiro atoms. The van der Waals surface area contributed by atoms with Gasteiger partial charge in [-0.3, -0.25) is 19.2 Å². The highest BCUT2D eigenvalue weighted by molar-refractivity contribution is 7.20. The summed E-state index contributed by atoms with van der Waals surface area (Å²) in [5.41, 5.74) is 2.04. The third-order valence-electron chi connectivity index (χ3n) is 6.20. The van der Waals surface area contributed by atoms with Crippen molar-refractivity contribution in [1.29, 1.82) is 0 Å². The first-order chi connectivity index (χ1) is 15.9. The third-order valence-corrected chi connectivity index (χ3v) is 7.59. The molecule has 7 nitrogen and oxygen atoms in total. The summed E-state index contributed by atoms with van der Waals surface area (Å²) >= 11 is 7.50. The number of piperazine rings is 1. The first-order valence-electron chi connectivity index (χ1n) is 11.4. The second-order valence-electron chi connectivity index (χ2n) is 8.33. The summed E-state index contributed by atoms with van der Waals surface area (Å²) in [7, 11) is 0. The summed E-state index contributed by atoms with van der Waals surface area (Å²) in [6.07, 6.45) is 0. The van der Waals surface area contributed by atoms with Crippen molar-refractivity contribution in [3.8, 4) is 0 Å². The molecule has 1 saturated heterocycles. The molecule has 33 heavy (non-hydrogen) atoms. The van der Waals surface area contributed by atoms with Crippen LogP contribution in [-0.2, 0) is 11.3 Å². The summed E-state index contributed by atoms with van der Waals surface area (Å²) in [5, 5.41) is 6.41. The molecule has 0 bridgehead atoms. The van der Waals surface area contributed by atoms with Gasteiger partial charge >= 0.3 is 0 Å². The van der Waals surface area contributed by atoms with Crippen molar-refractivity contribution < 1.29 is 9.59 Å². The van der Waals surface area contributed by atoms with Crippen molar-refractivity contribution in [2.45, 2.75) is 27.3 Å². The Morgan fingerprint density at radius 1 is 1.09 bits per heavy atom. The summed E-state index contributed by atoms with van der Waals surface area (Å²) in [6.45, 7) is 11.2. The Morgan fingerprint density at radius 2 is 1.76 bits per heavy atom. The number of benzene rings is 1. The third kappa shape index (κ3) is 5.23. The van der Waals surface area contributed by atoms with E-state index in [0.717, 1.165) is 39.4 Å². The van der Waals surface area contributed by atoms with Gasteiger partial charge in [0, 0.05) is 49.7 Å². The van der Waals surface area contributed by atoms with E-state index in [1.807, 2.05) is 65.6 Å². The van der Waals surface area contributed by atoms with Crippen LogP contribution >= 0.6 is 22.9 Å². The number of nitrogens with zero attached hydrogens (tertiary/aromatic N) is 5. The average Bonchev–Trinajstić information content (AvgIpc) is 3.37. The molecule has 176 valence electrons. The highest BCUT2D eigenvalue weighted by Gasteiger charge is 2.26. The maximum atomic E-state index is 13.2. The van der Waals surface area contributed by atoms with Crippen LogP contribution in [0.4, 0.5) is 0 Å². The largest absolute Gasteiger partial charge is 0.342 e. The van der Waals surface area contributed by atoms with E-state index in [9.17, 15) is 9.59 Å². The van der Waals surface area contributed by atoms with Crippen LogP contribution in [0.15, 0.2) is 30.3 Å². The van der Waals surface area contributed by atoms with Gasteiger partial charge in [0.2, 0.25) is 5.91 Å². The lowest BCUT2D eigenvalue weighted by Crippen LogP contribution is -2.51. The van der Waals surface area contributed by atoms with E-state index in [1.54, 1.807) is 0 Å². The zero-order valence-electron chi connectivity index (χ0n) is 19.4. The molecule has 1 aliphatic rings. The molecular formula is C24H30ClN5O2S. The SMILES string of the molecule is CCN(CC)C(=O)CN1CCN(C(=O)c2cc3c(C)nn(Cc4ccc(Cl)cc4)c3s2)CC1. The van der Waals surface area contributed by atoms with Gasteiger partial charge in [-0.25, -0.2) is 0 Å². The van der Waals surface area contributed by atoms with E-state index < -0.39 is 0 Å². The van der Waals surface area contributed by atoms with Gasteiger partial charge in [0.1, 0.15) is 4.83 Å². The van der Waals surface area contributed by atoms with Gasteiger partial charge in [-0.1, -0.05) is 23.7 Å². The van der Waals surface area contributed by atoms with Crippen LogP contribution in [-0.4, -0.2) is 82.1 Å². The fraction of sp³-hybridized carbons (Fsp3) is 0.458. The number of aryl methyl sites for hydroxylation is 1. The van der Waals surface area contributed by atoms with Crippen LogP contribution in [0.5, 0.6) is 0 Å². The van der Waals surface area contributed by atoms with Crippen molar-refractivity contribution in [3.63, 3.8) is 0 Å². The van der Waals surface area contributed by atoms with Crippen LogP contribution < -0.4 is 0 Å². The molecule has 3 heterocycles. The predicted octanol–water partition coefficient (Wildman–Crippen LogP) is 3.73. The van der Waals surface area contributed by atoms with Crippen LogP contribution in [0.2, 0.25) is 5.02 Å². The highest BCUT2D eigenvalue weighted by atomic mass is 35.5. The number of thiophene rings is 1. The van der Waals surface area contributed by atoms with E-state index in [-0.39, 0.29) is 11.8 Å². The van der Waals surface area contributed by atoms with Crippen molar-refractivity contribution >= 4 is 45.0 Å². The number of aromatic nitrogens is 2. The predicted molar refractivity (Wildman–Crippen MR) is 133 cm³/mol. The lowest BCUT2D eigenvalue weighted by molar-refractivity contribution is -0.132. The van der Waals surface area contributed by atoms with Gasteiger partial charge in [-0.15, -0.1) is 11.3 Å². The second-order valence-corrected chi connectivity index (χ2v) is 9.80. The van der Waals surface area contributed by atoms with Gasteiger partial charge in [0.15, 0.2) is 0 Å². The van der Waals surface area contributed by atoms with E-state index in [2.05, 4.69) is 10.00 Å². The lowest BCUT2D eigenvalue weighted by Gasteiger charge is -2.35. The number of carbonyl (C=O) groups is 2. The van der Waals surface area contributed by atoms with Gasteiger partial charge in [-0.2, -0.15) is 5.10 Å². The molecule has 1 aromatic carbocycles. The molecule has 9 heteroatoms. The number of fused-ring (bicyclic) bond motifs is 1. The van der Waals surface area contributed by atoms with Crippen LogP contribution in [0.25, 0.3) is 10.2 Å². The van der Waals surface area contributed by atoms with Gasteiger partial charge < -0.3 is 9.80 Å². The van der Waals surface area contributed by atoms with Crippen molar-refractivity contribution in [2.75, 3.05) is 45.8 Å². The van der Waals surface area contributed by atoms with Crippen LogP contribution in [0.3, 0.4) is 0 Å². The fourth-order valence-corrected chi connectivity index (χ4v) is 5.48. The standard InChI is InChI=1S/C24H30ClN5O2S/c1-4-28(5-2)22(31)16-27-10-12-29(13-11-27)23(32)21-14-20-17(3)26-30(24(20)33-21)15-18-6-8-19(25)9-7-18/h6-9,14H,4-5,10-13,15-16H2,1-3H3. The van der Waals surface area contributed by atoms with E-state index in [4.69, 9.17) is 11.6 Å². The number of carbonyl (C=O) groups excluding carboxylic acids is 2. The number of halogens is 1. The summed E-state index contributed by atoms with van der Waals surface area (Å²) in [6, 6.07) is 9.72. The first-order valence-corrected chi connectivity index (χ1v) is 12.6. The first kappa shape index (κ1) is 23.7. The van der Waals surface area contributed by atoms with Gasteiger partial charge in [-0.05, 0) is 44.5 Å². The minimum atomic E-state index is 0.0587. The highest BCUT2D eigenvalue weighted by Crippen LogP contribution is 2.30. The zero-order valence-corrected chi connectivity index (χ0v) is 21.0. The summed E-state index contributed by atoms with van der Waals surface area (Å²) in [4.78, 5) is 33.2. The number of hydrogen-bond donors (Lipinski definition) is 0. The molecule has 2 aromatic heterocycles. The Morgan fingerprint density at radius 3 is 2.39 bits per heavy atom. The van der Waals surface area contributed by atoms with E-state index >= 15 is 0 Å². The molecule has 0 atom stereocenters. The van der Waals surface area contributed by atoms with Gasteiger partial charge in [0.25, 0.3) is 5.91 Å². The smallest absolute Gasteiger partial charge is 0.264 e. The molecule has 1 aliphatic heterocycles. The topological polar surface area (TPSA) is 61.7 Å². The maximum Gasteiger partial charge on any atom is 0.264 e. The van der Waals surface area contributed by atoms with E-state index in [1.165, 1.54) is 11.3 Å². The van der Waals surface area contributed by atoms with Crippen molar-refractivity contribution in [3.05, 3.63) is 51.5 Å². The molecule has 0 aliphatic carbocycles.